The first kappa shape index (κ1) is 16.7. The number of nitrogens with zero attached hydrogens (tertiary/aromatic N) is 3. The Labute approximate surface area is 151 Å². The molecular weight excluding hydrogens is 328 g/mol. The molecule has 6 heteroatoms. The van der Waals surface area contributed by atoms with Crippen LogP contribution in [0.4, 0.5) is 0 Å². The monoisotopic (exact) mass is 350 g/mol. The number of hydrogen-bond donors (Lipinski definition) is 2. The van der Waals surface area contributed by atoms with E-state index in [1.165, 1.54) is 0 Å². The van der Waals surface area contributed by atoms with Gasteiger partial charge in [-0.1, -0.05) is 24.3 Å². The molecule has 6 nitrogen and oxygen atoms in total. The van der Waals surface area contributed by atoms with Crippen LogP contribution in [0.1, 0.15) is 53.1 Å². The lowest BCUT2D eigenvalue weighted by atomic mass is 10.1. The minimum absolute atomic E-state index is 0.198. The molecule has 1 amide bonds. The molecule has 0 spiro atoms. The van der Waals surface area contributed by atoms with Gasteiger partial charge in [-0.05, 0) is 38.0 Å². The van der Waals surface area contributed by atoms with E-state index >= 15 is 0 Å². The number of aliphatic hydroxyl groups excluding tert-OH is 1. The second-order valence-electron chi connectivity index (χ2n) is 7.14. The molecule has 2 heterocycles. The average molecular weight is 350 g/mol. The van der Waals surface area contributed by atoms with Crippen LogP contribution in [0.25, 0.3) is 11.0 Å². The number of aromatic nitrogens is 3. The Hall–Kier alpha value is -2.73. The fraction of sp³-hybridized carbons (Fsp3) is 0.350. The van der Waals surface area contributed by atoms with Crippen LogP contribution in [0.15, 0.2) is 36.5 Å². The van der Waals surface area contributed by atoms with Crippen molar-refractivity contribution in [2.45, 2.75) is 45.4 Å². The number of benzene rings is 1. The van der Waals surface area contributed by atoms with Crippen LogP contribution >= 0.6 is 0 Å². The maximum Gasteiger partial charge on any atom is 0.253 e. The first-order valence-electron chi connectivity index (χ1n) is 8.87. The van der Waals surface area contributed by atoms with E-state index in [9.17, 15) is 9.90 Å². The van der Waals surface area contributed by atoms with E-state index in [0.29, 0.717) is 17.7 Å². The van der Waals surface area contributed by atoms with Gasteiger partial charge in [-0.3, -0.25) is 4.79 Å². The third kappa shape index (κ3) is 2.66. The summed E-state index contributed by atoms with van der Waals surface area (Å²) >= 11 is 0. The number of hydrogen-bond acceptors (Lipinski definition) is 4. The van der Waals surface area contributed by atoms with E-state index < -0.39 is 12.1 Å². The summed E-state index contributed by atoms with van der Waals surface area (Å²) in [5.41, 5.74) is 4.00. The third-order valence-electron chi connectivity index (χ3n) is 4.98. The van der Waals surface area contributed by atoms with E-state index in [1.807, 2.05) is 55.8 Å². The Kier molecular flexibility index (Phi) is 4.00. The molecule has 134 valence electrons. The summed E-state index contributed by atoms with van der Waals surface area (Å²) < 4.78 is 1.85. The third-order valence-corrected chi connectivity index (χ3v) is 4.98. The molecule has 1 aliphatic carbocycles. The Morgan fingerprint density at radius 1 is 1.35 bits per heavy atom. The lowest BCUT2D eigenvalue weighted by Gasteiger charge is -2.18. The molecule has 2 N–H and O–H groups in total. The van der Waals surface area contributed by atoms with Gasteiger partial charge >= 0.3 is 0 Å². The summed E-state index contributed by atoms with van der Waals surface area (Å²) in [7, 11) is 0. The first-order valence-corrected chi connectivity index (χ1v) is 8.87. The highest BCUT2D eigenvalue weighted by Crippen LogP contribution is 2.31. The number of nitrogens with one attached hydrogen (secondary N) is 1. The van der Waals surface area contributed by atoms with Crippen LogP contribution in [-0.2, 0) is 6.42 Å². The number of aryl methyl sites for hydroxylation is 1. The zero-order chi connectivity index (χ0) is 18.4. The molecule has 0 aliphatic heterocycles. The molecule has 2 atom stereocenters. The molecule has 3 aromatic rings. The lowest BCUT2D eigenvalue weighted by molar-refractivity contribution is 0.0857. The molecule has 1 aromatic carbocycles. The summed E-state index contributed by atoms with van der Waals surface area (Å²) in [6.07, 6.45) is 1.67. The van der Waals surface area contributed by atoms with Gasteiger partial charge in [-0.25, -0.2) is 9.67 Å². The summed E-state index contributed by atoms with van der Waals surface area (Å²) in [5.74, 6) is -0.227. The molecule has 0 bridgehead atoms. The molecule has 0 radical (unpaired) electrons. The number of amides is 1. The van der Waals surface area contributed by atoms with Gasteiger partial charge in [-0.2, -0.15) is 5.10 Å². The van der Waals surface area contributed by atoms with Gasteiger partial charge < -0.3 is 10.4 Å². The lowest BCUT2D eigenvalue weighted by Crippen LogP contribution is -2.34. The minimum Gasteiger partial charge on any atom is -0.390 e. The van der Waals surface area contributed by atoms with Crippen molar-refractivity contribution in [2.75, 3.05) is 0 Å². The highest BCUT2D eigenvalue weighted by atomic mass is 16.3. The van der Waals surface area contributed by atoms with E-state index in [2.05, 4.69) is 15.4 Å². The fourth-order valence-corrected chi connectivity index (χ4v) is 3.64. The SMILES string of the molecule is Cc1nc2c(cnn2C(C)C)cc1C(=O)NC1c2ccccc2CC1O. The average Bonchev–Trinajstić information content (AvgIpc) is 3.15. The van der Waals surface area contributed by atoms with Crippen molar-refractivity contribution in [2.24, 2.45) is 0 Å². The number of pyridine rings is 1. The predicted molar refractivity (Wildman–Crippen MR) is 99.0 cm³/mol. The molecular formula is C20H22N4O2. The van der Waals surface area contributed by atoms with E-state index in [-0.39, 0.29) is 11.9 Å². The molecule has 1 aliphatic rings. The summed E-state index contributed by atoms with van der Waals surface area (Å²) in [5, 5.41) is 18.5. The first-order chi connectivity index (χ1) is 12.5. The zero-order valence-corrected chi connectivity index (χ0v) is 15.1. The smallest absolute Gasteiger partial charge is 0.253 e. The molecule has 0 saturated carbocycles. The molecule has 26 heavy (non-hydrogen) atoms. The molecule has 2 unspecified atom stereocenters. The van der Waals surface area contributed by atoms with E-state index in [1.54, 1.807) is 6.20 Å². The number of rotatable bonds is 3. The van der Waals surface area contributed by atoms with Gasteiger partial charge in [0.05, 0.1) is 29.6 Å². The van der Waals surface area contributed by atoms with E-state index in [4.69, 9.17) is 0 Å². The van der Waals surface area contributed by atoms with Crippen molar-refractivity contribution in [1.82, 2.24) is 20.1 Å². The number of carbonyl (C=O) groups excluding carboxylic acids is 1. The van der Waals surface area contributed by atoms with Gasteiger partial charge in [0, 0.05) is 17.8 Å². The summed E-state index contributed by atoms with van der Waals surface area (Å²) in [6.45, 7) is 5.91. The van der Waals surface area contributed by atoms with Gasteiger partial charge in [-0.15, -0.1) is 0 Å². The van der Waals surface area contributed by atoms with E-state index in [0.717, 1.165) is 22.2 Å². The summed E-state index contributed by atoms with van der Waals surface area (Å²) in [4.78, 5) is 17.5. The van der Waals surface area contributed by atoms with Crippen molar-refractivity contribution in [1.29, 1.82) is 0 Å². The highest BCUT2D eigenvalue weighted by Gasteiger charge is 2.32. The van der Waals surface area contributed by atoms with Crippen LogP contribution < -0.4 is 5.32 Å². The standard InChI is InChI=1S/C20H22N4O2/c1-11(2)24-19-14(10-21-24)8-16(12(3)22-19)20(26)23-18-15-7-5-4-6-13(15)9-17(18)25/h4-8,10-11,17-18,25H,9H2,1-3H3,(H,23,26). The van der Waals surface area contributed by atoms with Crippen molar-refractivity contribution < 1.29 is 9.90 Å². The van der Waals surface area contributed by atoms with Gasteiger partial charge in [0.15, 0.2) is 5.65 Å². The number of fused-ring (bicyclic) bond motifs is 2. The summed E-state index contributed by atoms with van der Waals surface area (Å²) in [6, 6.07) is 9.45. The maximum atomic E-state index is 12.9. The Bertz CT molecular complexity index is 993. The van der Waals surface area contributed by atoms with Crippen LogP contribution in [-0.4, -0.2) is 31.9 Å². The quantitative estimate of drug-likeness (QED) is 0.761. The number of carbonyl (C=O) groups is 1. The largest absolute Gasteiger partial charge is 0.390 e. The van der Waals surface area contributed by atoms with Crippen LogP contribution in [0.3, 0.4) is 0 Å². The second kappa shape index (κ2) is 6.21. The fourth-order valence-electron chi connectivity index (χ4n) is 3.64. The highest BCUT2D eigenvalue weighted by molar-refractivity contribution is 5.98. The Morgan fingerprint density at radius 3 is 2.88 bits per heavy atom. The topological polar surface area (TPSA) is 80.0 Å². The molecule has 0 saturated heterocycles. The molecule has 4 rings (SSSR count). The normalized spacial score (nSPS) is 19.1. The molecule has 2 aromatic heterocycles. The number of aliphatic hydroxyl groups is 1. The predicted octanol–water partition coefficient (Wildman–Crippen LogP) is 2.71. The van der Waals surface area contributed by atoms with Crippen LogP contribution in [0.5, 0.6) is 0 Å². The van der Waals surface area contributed by atoms with Gasteiger partial charge in [0.1, 0.15) is 0 Å². The second-order valence-corrected chi connectivity index (χ2v) is 7.14. The Morgan fingerprint density at radius 2 is 2.12 bits per heavy atom. The molecule has 0 fully saturated rings. The van der Waals surface area contributed by atoms with Crippen molar-refractivity contribution >= 4 is 16.9 Å². The van der Waals surface area contributed by atoms with Crippen molar-refractivity contribution in [3.8, 4) is 0 Å². The van der Waals surface area contributed by atoms with Gasteiger partial charge in [0.25, 0.3) is 5.91 Å². The van der Waals surface area contributed by atoms with Gasteiger partial charge in [0.2, 0.25) is 0 Å². The zero-order valence-electron chi connectivity index (χ0n) is 15.1. The van der Waals surface area contributed by atoms with Crippen LogP contribution in [0, 0.1) is 6.92 Å². The minimum atomic E-state index is -0.614. The van der Waals surface area contributed by atoms with Crippen LogP contribution in [0.2, 0.25) is 0 Å². The van der Waals surface area contributed by atoms with Crippen molar-refractivity contribution in [3.05, 3.63) is 58.9 Å². The van der Waals surface area contributed by atoms with Crippen molar-refractivity contribution in [3.63, 3.8) is 0 Å². The maximum absolute atomic E-state index is 12.9. The Balaban J connectivity index is 1.66.